The monoisotopic (exact) mass is 311 g/mol. The molecule has 0 saturated carbocycles. The molecule has 23 heavy (non-hydrogen) atoms. The number of carbonyl (C=O) groups is 1. The van der Waals surface area contributed by atoms with Gasteiger partial charge >= 0.3 is 6.03 Å². The van der Waals surface area contributed by atoms with E-state index in [1.54, 1.807) is 29.2 Å². The summed E-state index contributed by atoms with van der Waals surface area (Å²) in [6.45, 7) is 3.99. The number of aromatic hydroxyl groups is 1. The number of carbonyl (C=O) groups excluding carboxylic acids is 1. The number of para-hydroxylation sites is 2. The third kappa shape index (κ3) is 4.02. The van der Waals surface area contributed by atoms with Crippen molar-refractivity contribution in [2.45, 2.75) is 6.54 Å². The van der Waals surface area contributed by atoms with Gasteiger partial charge in [-0.15, -0.1) is 0 Å². The van der Waals surface area contributed by atoms with Crippen molar-refractivity contribution in [2.75, 3.05) is 31.5 Å². The highest BCUT2D eigenvalue weighted by atomic mass is 16.3. The number of urea groups is 1. The van der Waals surface area contributed by atoms with E-state index >= 15 is 0 Å². The Labute approximate surface area is 136 Å². The van der Waals surface area contributed by atoms with Crippen LogP contribution in [0.15, 0.2) is 54.6 Å². The number of nitrogens with zero attached hydrogens (tertiary/aromatic N) is 2. The second-order valence-electron chi connectivity index (χ2n) is 5.70. The number of phenols is 1. The zero-order valence-electron chi connectivity index (χ0n) is 13.0. The number of hydrogen-bond donors (Lipinski definition) is 2. The lowest BCUT2D eigenvalue weighted by molar-refractivity contribution is 0.143. The summed E-state index contributed by atoms with van der Waals surface area (Å²) < 4.78 is 0. The van der Waals surface area contributed by atoms with Crippen LogP contribution >= 0.6 is 0 Å². The molecule has 1 heterocycles. The molecule has 1 saturated heterocycles. The van der Waals surface area contributed by atoms with Gasteiger partial charge in [-0.3, -0.25) is 4.90 Å². The summed E-state index contributed by atoms with van der Waals surface area (Å²) in [6.07, 6.45) is 0. The molecule has 2 aromatic rings. The van der Waals surface area contributed by atoms with Crippen LogP contribution in [-0.2, 0) is 6.54 Å². The number of anilines is 1. The SMILES string of the molecule is O=C(Nc1ccccc1O)N1CCN(Cc2ccccc2)CC1. The summed E-state index contributed by atoms with van der Waals surface area (Å²) in [4.78, 5) is 16.4. The molecule has 2 N–H and O–H groups in total. The van der Waals surface area contributed by atoms with Gasteiger partial charge in [-0.1, -0.05) is 42.5 Å². The van der Waals surface area contributed by atoms with Crippen LogP contribution in [0.4, 0.5) is 10.5 Å². The average Bonchev–Trinajstić information content (AvgIpc) is 2.58. The number of hydrogen-bond acceptors (Lipinski definition) is 3. The highest BCUT2D eigenvalue weighted by Crippen LogP contribution is 2.22. The third-order valence-corrected chi connectivity index (χ3v) is 4.05. The van der Waals surface area contributed by atoms with Gasteiger partial charge < -0.3 is 15.3 Å². The number of piperazine rings is 1. The molecule has 0 aliphatic carbocycles. The van der Waals surface area contributed by atoms with E-state index in [9.17, 15) is 9.90 Å². The van der Waals surface area contributed by atoms with E-state index in [4.69, 9.17) is 0 Å². The summed E-state index contributed by atoms with van der Waals surface area (Å²) in [6, 6.07) is 17.0. The summed E-state index contributed by atoms with van der Waals surface area (Å²) >= 11 is 0. The van der Waals surface area contributed by atoms with Crippen molar-refractivity contribution >= 4 is 11.7 Å². The molecule has 3 rings (SSSR count). The van der Waals surface area contributed by atoms with Crippen LogP contribution in [-0.4, -0.2) is 47.1 Å². The Morgan fingerprint density at radius 2 is 1.61 bits per heavy atom. The van der Waals surface area contributed by atoms with Gasteiger partial charge in [-0.05, 0) is 17.7 Å². The molecule has 0 radical (unpaired) electrons. The molecule has 0 bridgehead atoms. The number of benzene rings is 2. The molecule has 1 aliphatic heterocycles. The first-order valence-corrected chi connectivity index (χ1v) is 7.82. The Kier molecular flexibility index (Phi) is 4.78. The zero-order chi connectivity index (χ0) is 16.1. The molecule has 1 aliphatic rings. The molecule has 5 nitrogen and oxygen atoms in total. The Balaban J connectivity index is 1.50. The van der Waals surface area contributed by atoms with Crippen molar-refractivity contribution in [3.8, 4) is 5.75 Å². The van der Waals surface area contributed by atoms with E-state index in [2.05, 4.69) is 22.3 Å². The fraction of sp³-hybridized carbons (Fsp3) is 0.278. The van der Waals surface area contributed by atoms with Crippen LogP contribution in [0.3, 0.4) is 0 Å². The van der Waals surface area contributed by atoms with Gasteiger partial charge in [0.2, 0.25) is 0 Å². The Hall–Kier alpha value is -2.53. The molecule has 0 spiro atoms. The second kappa shape index (κ2) is 7.15. The van der Waals surface area contributed by atoms with E-state index < -0.39 is 0 Å². The third-order valence-electron chi connectivity index (χ3n) is 4.05. The van der Waals surface area contributed by atoms with Gasteiger partial charge in [0.1, 0.15) is 5.75 Å². The quantitative estimate of drug-likeness (QED) is 0.857. The number of rotatable bonds is 3. The van der Waals surface area contributed by atoms with Gasteiger partial charge in [0.25, 0.3) is 0 Å². The number of amides is 2. The second-order valence-corrected chi connectivity index (χ2v) is 5.70. The molecular formula is C18H21N3O2. The number of nitrogens with one attached hydrogen (secondary N) is 1. The lowest BCUT2D eigenvalue weighted by atomic mass is 10.2. The first-order valence-electron chi connectivity index (χ1n) is 7.82. The van der Waals surface area contributed by atoms with Crippen LogP contribution in [0.2, 0.25) is 0 Å². The molecule has 1 fully saturated rings. The van der Waals surface area contributed by atoms with Crippen molar-refractivity contribution in [1.82, 2.24) is 9.80 Å². The first-order chi connectivity index (χ1) is 11.2. The maximum atomic E-state index is 12.3. The smallest absolute Gasteiger partial charge is 0.322 e. The van der Waals surface area contributed by atoms with Crippen molar-refractivity contribution in [3.63, 3.8) is 0 Å². The van der Waals surface area contributed by atoms with Crippen molar-refractivity contribution in [1.29, 1.82) is 0 Å². The first kappa shape index (κ1) is 15.4. The van der Waals surface area contributed by atoms with E-state index in [-0.39, 0.29) is 11.8 Å². The predicted octanol–water partition coefficient (Wildman–Crippen LogP) is 2.74. The molecule has 0 aromatic heterocycles. The lowest BCUT2D eigenvalue weighted by Crippen LogP contribution is -2.49. The lowest BCUT2D eigenvalue weighted by Gasteiger charge is -2.34. The molecule has 2 amide bonds. The highest BCUT2D eigenvalue weighted by Gasteiger charge is 2.21. The van der Waals surface area contributed by atoms with E-state index in [1.807, 2.05) is 18.2 Å². The average molecular weight is 311 g/mol. The fourth-order valence-electron chi connectivity index (χ4n) is 2.72. The standard InChI is InChI=1S/C18H21N3O2/c22-17-9-5-4-8-16(17)19-18(23)21-12-10-20(11-13-21)14-15-6-2-1-3-7-15/h1-9,22H,10-14H2,(H,19,23). The Morgan fingerprint density at radius 1 is 0.957 bits per heavy atom. The van der Waals surface area contributed by atoms with E-state index in [0.29, 0.717) is 18.8 Å². The molecule has 2 aromatic carbocycles. The van der Waals surface area contributed by atoms with Crippen molar-refractivity contribution < 1.29 is 9.90 Å². The van der Waals surface area contributed by atoms with Crippen molar-refractivity contribution in [3.05, 3.63) is 60.2 Å². The van der Waals surface area contributed by atoms with Crippen LogP contribution in [0.5, 0.6) is 5.75 Å². The molecule has 5 heteroatoms. The van der Waals surface area contributed by atoms with Crippen LogP contribution < -0.4 is 5.32 Å². The van der Waals surface area contributed by atoms with E-state index in [0.717, 1.165) is 19.6 Å². The highest BCUT2D eigenvalue weighted by molar-refractivity contribution is 5.90. The fourth-order valence-corrected chi connectivity index (χ4v) is 2.72. The largest absolute Gasteiger partial charge is 0.506 e. The van der Waals surface area contributed by atoms with Gasteiger partial charge in [0, 0.05) is 32.7 Å². The summed E-state index contributed by atoms with van der Waals surface area (Å²) in [5.41, 5.74) is 1.74. The van der Waals surface area contributed by atoms with Crippen molar-refractivity contribution in [2.24, 2.45) is 0 Å². The van der Waals surface area contributed by atoms with Crippen LogP contribution in [0.25, 0.3) is 0 Å². The maximum absolute atomic E-state index is 12.3. The molecular weight excluding hydrogens is 290 g/mol. The van der Waals surface area contributed by atoms with Crippen LogP contribution in [0, 0.1) is 0 Å². The number of phenolic OH excluding ortho intramolecular Hbond substituents is 1. The molecule has 120 valence electrons. The Bertz CT molecular complexity index is 652. The minimum absolute atomic E-state index is 0.0866. The minimum atomic E-state index is -0.161. The minimum Gasteiger partial charge on any atom is -0.506 e. The van der Waals surface area contributed by atoms with Gasteiger partial charge in [-0.25, -0.2) is 4.79 Å². The topological polar surface area (TPSA) is 55.8 Å². The molecule has 0 atom stereocenters. The van der Waals surface area contributed by atoms with Crippen LogP contribution in [0.1, 0.15) is 5.56 Å². The normalized spacial score (nSPS) is 15.4. The maximum Gasteiger partial charge on any atom is 0.322 e. The molecule has 0 unspecified atom stereocenters. The Morgan fingerprint density at radius 3 is 2.30 bits per heavy atom. The zero-order valence-corrected chi connectivity index (χ0v) is 13.0. The van der Waals surface area contributed by atoms with Gasteiger partial charge in [-0.2, -0.15) is 0 Å². The van der Waals surface area contributed by atoms with Gasteiger partial charge in [0.05, 0.1) is 5.69 Å². The summed E-state index contributed by atoms with van der Waals surface area (Å²) in [7, 11) is 0. The summed E-state index contributed by atoms with van der Waals surface area (Å²) in [5, 5.41) is 12.5. The van der Waals surface area contributed by atoms with E-state index in [1.165, 1.54) is 5.56 Å². The van der Waals surface area contributed by atoms with Gasteiger partial charge in [0.15, 0.2) is 0 Å². The predicted molar refractivity (Wildman–Crippen MR) is 90.4 cm³/mol. The summed E-state index contributed by atoms with van der Waals surface area (Å²) in [5.74, 6) is 0.0866.